The maximum atomic E-state index is 12.7. The van der Waals surface area contributed by atoms with Gasteiger partial charge in [-0.25, -0.2) is 9.69 Å². The van der Waals surface area contributed by atoms with Gasteiger partial charge in [0, 0.05) is 11.6 Å². The largest absolute Gasteiger partial charge is 0.478 e. The molecule has 0 radical (unpaired) electrons. The number of hydrogen-bond acceptors (Lipinski definition) is 5. The van der Waals surface area contributed by atoms with Gasteiger partial charge in [-0.15, -0.1) is 0 Å². The Hall–Kier alpha value is -3.58. The smallest absolute Gasteiger partial charge is 0.335 e. The zero-order valence-corrected chi connectivity index (χ0v) is 16.1. The minimum absolute atomic E-state index is 0.201. The molecule has 4 rings (SSSR count). The third kappa shape index (κ3) is 3.60. The van der Waals surface area contributed by atoms with Crippen molar-refractivity contribution < 1.29 is 23.9 Å². The molecule has 0 spiro atoms. The Kier molecular flexibility index (Phi) is 4.82. The number of carboxylic acids is 1. The van der Waals surface area contributed by atoms with E-state index in [0.717, 1.165) is 27.8 Å². The van der Waals surface area contributed by atoms with Crippen LogP contribution in [0.15, 0.2) is 70.0 Å². The Bertz CT molecular complexity index is 1160. The fourth-order valence-corrected chi connectivity index (χ4v) is 3.87. The molecule has 0 atom stereocenters. The molecular formula is C22H15NO5S. The van der Waals surface area contributed by atoms with Crippen molar-refractivity contribution in [3.05, 3.63) is 82.5 Å². The van der Waals surface area contributed by atoms with Gasteiger partial charge in [0.05, 0.1) is 16.2 Å². The number of nitrogens with zero attached hydrogens (tertiary/aromatic N) is 1. The van der Waals surface area contributed by atoms with Crippen LogP contribution in [0.1, 0.15) is 21.7 Å². The van der Waals surface area contributed by atoms with E-state index >= 15 is 0 Å². The van der Waals surface area contributed by atoms with Gasteiger partial charge in [0.1, 0.15) is 11.5 Å². The molecule has 1 fully saturated rings. The fourth-order valence-electron chi connectivity index (χ4n) is 3.04. The predicted molar refractivity (Wildman–Crippen MR) is 111 cm³/mol. The number of carbonyl (C=O) groups excluding carboxylic acids is 2. The van der Waals surface area contributed by atoms with Gasteiger partial charge in [-0.3, -0.25) is 9.59 Å². The number of aryl methyl sites for hydroxylation is 1. The van der Waals surface area contributed by atoms with Crippen LogP contribution in [0.4, 0.5) is 10.5 Å². The first-order valence-electron chi connectivity index (χ1n) is 8.71. The summed E-state index contributed by atoms with van der Waals surface area (Å²) in [6.45, 7) is 1.80. The number of para-hydroxylation sites is 1. The third-order valence-corrected chi connectivity index (χ3v) is 5.32. The molecule has 1 N–H and O–H groups in total. The summed E-state index contributed by atoms with van der Waals surface area (Å²) in [6.07, 6.45) is 1.54. The molecule has 2 amide bonds. The van der Waals surface area contributed by atoms with Crippen molar-refractivity contribution >= 4 is 40.6 Å². The molecule has 7 heteroatoms. The average molecular weight is 405 g/mol. The van der Waals surface area contributed by atoms with Crippen LogP contribution in [0.2, 0.25) is 0 Å². The number of furan rings is 1. The molecule has 1 aliphatic rings. The van der Waals surface area contributed by atoms with Gasteiger partial charge in [-0.2, -0.15) is 0 Å². The van der Waals surface area contributed by atoms with Crippen molar-refractivity contribution in [3.63, 3.8) is 0 Å². The summed E-state index contributed by atoms with van der Waals surface area (Å²) >= 11 is 0.858. The second-order valence-corrected chi connectivity index (χ2v) is 7.38. The second-order valence-electron chi connectivity index (χ2n) is 6.39. The van der Waals surface area contributed by atoms with E-state index in [0.29, 0.717) is 17.2 Å². The number of benzene rings is 2. The summed E-state index contributed by atoms with van der Waals surface area (Å²) in [5.74, 6) is -0.409. The second kappa shape index (κ2) is 7.44. The number of amides is 2. The van der Waals surface area contributed by atoms with Gasteiger partial charge < -0.3 is 9.52 Å². The van der Waals surface area contributed by atoms with Crippen LogP contribution in [0.3, 0.4) is 0 Å². The summed E-state index contributed by atoms with van der Waals surface area (Å²) in [6, 6.07) is 17.0. The van der Waals surface area contributed by atoms with Crippen LogP contribution in [0.5, 0.6) is 0 Å². The van der Waals surface area contributed by atoms with Gasteiger partial charge >= 0.3 is 5.97 Å². The number of aromatic carboxylic acids is 1. The molecule has 0 bridgehead atoms. The maximum absolute atomic E-state index is 12.7. The number of rotatable bonds is 4. The molecule has 6 nitrogen and oxygen atoms in total. The lowest BCUT2D eigenvalue weighted by atomic mass is 10.0. The van der Waals surface area contributed by atoms with Crippen LogP contribution < -0.4 is 4.90 Å². The van der Waals surface area contributed by atoms with E-state index in [1.807, 2.05) is 6.07 Å². The minimum Gasteiger partial charge on any atom is -0.478 e. The molecule has 2 aromatic carbocycles. The Morgan fingerprint density at radius 1 is 1.07 bits per heavy atom. The lowest BCUT2D eigenvalue weighted by molar-refractivity contribution is -0.113. The standard InChI is InChI=1S/C22H15NO5S/c1-13-11-14(21(25)26)7-9-17(13)18-10-8-16(28-18)12-19-20(24)23(22(27)29-19)15-5-3-2-4-6-15/h2-12H,1H3,(H,25,26)/b19-12-. The van der Waals surface area contributed by atoms with E-state index in [-0.39, 0.29) is 15.7 Å². The summed E-state index contributed by atoms with van der Waals surface area (Å²) in [5.41, 5.74) is 2.24. The van der Waals surface area contributed by atoms with Crippen molar-refractivity contribution in [1.29, 1.82) is 0 Å². The number of imide groups is 1. The minimum atomic E-state index is -0.992. The van der Waals surface area contributed by atoms with E-state index in [4.69, 9.17) is 9.52 Å². The quantitative estimate of drug-likeness (QED) is 0.601. The highest BCUT2D eigenvalue weighted by Gasteiger charge is 2.36. The average Bonchev–Trinajstić information content (AvgIpc) is 3.27. The van der Waals surface area contributed by atoms with E-state index in [1.54, 1.807) is 55.5 Å². The Morgan fingerprint density at radius 3 is 2.52 bits per heavy atom. The van der Waals surface area contributed by atoms with Crippen LogP contribution in [-0.4, -0.2) is 22.2 Å². The Morgan fingerprint density at radius 2 is 1.83 bits per heavy atom. The number of carboxylic acid groups (broad SMARTS) is 1. The van der Waals surface area contributed by atoms with Gasteiger partial charge in [-0.1, -0.05) is 24.3 Å². The molecule has 1 aromatic heterocycles. The Labute approximate surface area is 170 Å². The molecule has 144 valence electrons. The molecular weight excluding hydrogens is 390 g/mol. The lowest BCUT2D eigenvalue weighted by Crippen LogP contribution is -2.27. The van der Waals surface area contributed by atoms with Crippen LogP contribution >= 0.6 is 11.8 Å². The van der Waals surface area contributed by atoms with Gasteiger partial charge in [0.2, 0.25) is 0 Å². The normalized spacial score (nSPS) is 15.3. The molecule has 1 saturated heterocycles. The highest BCUT2D eigenvalue weighted by molar-refractivity contribution is 8.19. The van der Waals surface area contributed by atoms with Gasteiger partial charge in [0.25, 0.3) is 11.1 Å². The van der Waals surface area contributed by atoms with Gasteiger partial charge in [-0.05, 0) is 60.6 Å². The van der Waals surface area contributed by atoms with Gasteiger partial charge in [0.15, 0.2) is 0 Å². The molecule has 0 aliphatic carbocycles. The highest BCUT2D eigenvalue weighted by atomic mass is 32.2. The SMILES string of the molecule is Cc1cc(C(=O)O)ccc1-c1ccc(/C=C2\SC(=O)N(c3ccccc3)C2=O)o1. The Balaban J connectivity index is 1.61. The first kappa shape index (κ1) is 18.8. The first-order valence-corrected chi connectivity index (χ1v) is 9.53. The van der Waals surface area contributed by atoms with Crippen molar-refractivity contribution in [1.82, 2.24) is 0 Å². The molecule has 0 saturated carbocycles. The zero-order chi connectivity index (χ0) is 20.5. The summed E-state index contributed by atoms with van der Waals surface area (Å²) in [7, 11) is 0. The van der Waals surface area contributed by atoms with Crippen molar-refractivity contribution in [3.8, 4) is 11.3 Å². The van der Waals surface area contributed by atoms with Crippen molar-refractivity contribution in [2.24, 2.45) is 0 Å². The summed E-state index contributed by atoms with van der Waals surface area (Å²) < 4.78 is 5.82. The number of hydrogen-bond donors (Lipinski definition) is 1. The predicted octanol–water partition coefficient (Wildman–Crippen LogP) is 5.19. The zero-order valence-electron chi connectivity index (χ0n) is 15.3. The van der Waals surface area contributed by atoms with Crippen molar-refractivity contribution in [2.45, 2.75) is 6.92 Å². The highest BCUT2D eigenvalue weighted by Crippen LogP contribution is 2.36. The monoisotopic (exact) mass is 405 g/mol. The molecule has 0 unspecified atom stereocenters. The number of carbonyl (C=O) groups is 3. The van der Waals surface area contributed by atoms with Crippen LogP contribution in [0.25, 0.3) is 17.4 Å². The van der Waals surface area contributed by atoms with E-state index in [2.05, 4.69) is 0 Å². The maximum Gasteiger partial charge on any atom is 0.335 e. The summed E-state index contributed by atoms with van der Waals surface area (Å²) in [5, 5.41) is 8.73. The molecule has 3 aromatic rings. The molecule has 29 heavy (non-hydrogen) atoms. The van der Waals surface area contributed by atoms with E-state index in [9.17, 15) is 14.4 Å². The topological polar surface area (TPSA) is 87.8 Å². The molecule has 1 aliphatic heterocycles. The van der Waals surface area contributed by atoms with Crippen LogP contribution in [-0.2, 0) is 4.79 Å². The summed E-state index contributed by atoms with van der Waals surface area (Å²) in [4.78, 5) is 37.5. The third-order valence-electron chi connectivity index (χ3n) is 4.45. The van der Waals surface area contributed by atoms with E-state index in [1.165, 1.54) is 12.1 Å². The lowest BCUT2D eigenvalue weighted by Gasteiger charge is -2.11. The number of anilines is 1. The number of thioether (sulfide) groups is 1. The van der Waals surface area contributed by atoms with Crippen LogP contribution in [0, 0.1) is 6.92 Å². The fraction of sp³-hybridized carbons (Fsp3) is 0.0455. The first-order chi connectivity index (χ1) is 13.9. The van der Waals surface area contributed by atoms with Crippen molar-refractivity contribution in [2.75, 3.05) is 4.90 Å². The molecule has 2 heterocycles. The van der Waals surface area contributed by atoms with E-state index < -0.39 is 11.9 Å².